The van der Waals surface area contributed by atoms with Gasteiger partial charge in [0.25, 0.3) is 0 Å². The molecular weight excluding hydrogens is 808 g/mol. The molecule has 0 aromatic carbocycles. The SMILES string of the molecule is CC[C@H]1OC(=O)[C@H](C)[C@@H](O[C@H]2C[C@@](C)(OC)[C@@H](OC(=O)n3ccnc3)[C@H](C)O2)[C@H](C)[C@@H](O[C@@H]2O[C@H](C)C[C@H](N(C)C)[C@H]2OC(C)=O)[C@](C)(O)C[C@@H](C)CN(C)[C@H](C)[C@@H](O)[C@]1(C)O. The van der Waals surface area contributed by atoms with Gasteiger partial charge in [-0.3, -0.25) is 9.59 Å². The summed E-state index contributed by atoms with van der Waals surface area (Å²) in [5.41, 5.74) is -4.63. The molecule has 18 heteroatoms. The number of nitrogens with zero attached hydrogens (tertiary/aromatic N) is 4. The first-order valence-corrected chi connectivity index (χ1v) is 22.0. The molecule has 3 aliphatic heterocycles. The van der Waals surface area contributed by atoms with Crippen molar-refractivity contribution in [1.29, 1.82) is 0 Å². The highest BCUT2D eigenvalue weighted by Crippen LogP contribution is 2.41. The summed E-state index contributed by atoms with van der Waals surface area (Å²) in [4.78, 5) is 48.0. The van der Waals surface area contributed by atoms with Gasteiger partial charge in [-0.2, -0.15) is 0 Å². The van der Waals surface area contributed by atoms with Crippen molar-refractivity contribution in [1.82, 2.24) is 19.4 Å². The Labute approximate surface area is 367 Å². The molecule has 3 fully saturated rings. The van der Waals surface area contributed by atoms with E-state index in [4.69, 9.17) is 37.9 Å². The minimum atomic E-state index is -1.85. The van der Waals surface area contributed by atoms with Gasteiger partial charge in [-0.1, -0.05) is 20.8 Å². The maximum Gasteiger partial charge on any atom is 0.419 e. The molecule has 0 radical (unpaired) electrons. The fraction of sp³-hybridized carbons (Fsp3) is 0.864. The maximum absolute atomic E-state index is 14.5. The standard InChI is InChI=1S/C44H76N4O14/c1-16-32-44(11,54)36(50)28(6)47(14)22-24(2)20-42(9,53)37(61-40-35(58-30(8)49)31(46(12)13)19-25(3)56-40)26(4)34(27(5)39(51)59-32)60-33-21-43(10,55-15)38(29(7)57-33)62-41(52)48-18-17-45-23-48/h17-18,23-29,31-38,40,50,53-54H,16,19-22H2,1-15H3/t24-,25-,26+,27-,28-,29+,31+,32-,33+,34+,35-,36-,37-,38+,40+,42-,43-,44-/m1/s1. The summed E-state index contributed by atoms with van der Waals surface area (Å²) in [5, 5.41) is 36.3. The molecule has 18 atom stereocenters. The van der Waals surface area contributed by atoms with Crippen LogP contribution in [0.3, 0.4) is 0 Å². The molecule has 3 aliphatic rings. The molecule has 0 saturated carbocycles. The predicted molar refractivity (Wildman–Crippen MR) is 226 cm³/mol. The lowest BCUT2D eigenvalue weighted by molar-refractivity contribution is -0.318. The first-order chi connectivity index (χ1) is 28.8. The van der Waals surface area contributed by atoms with E-state index in [-0.39, 0.29) is 37.3 Å². The number of carbonyl (C=O) groups excluding carboxylic acids is 3. The fourth-order valence-electron chi connectivity index (χ4n) is 9.78. The number of aromatic nitrogens is 2. The predicted octanol–water partition coefficient (Wildman–Crippen LogP) is 3.36. The molecule has 3 saturated heterocycles. The highest BCUT2D eigenvalue weighted by atomic mass is 16.7. The number of hydrogen-bond acceptors (Lipinski definition) is 17. The van der Waals surface area contributed by atoms with Gasteiger partial charge in [-0.25, -0.2) is 14.3 Å². The number of aliphatic hydroxyl groups is 3. The van der Waals surface area contributed by atoms with Crippen molar-refractivity contribution in [3.8, 4) is 0 Å². The van der Waals surface area contributed by atoms with Crippen molar-refractivity contribution in [2.75, 3.05) is 34.8 Å². The number of cyclic esters (lactones) is 1. The summed E-state index contributed by atoms with van der Waals surface area (Å²) in [5.74, 6) is -3.39. The van der Waals surface area contributed by atoms with Crippen LogP contribution in [0.4, 0.5) is 4.79 Å². The van der Waals surface area contributed by atoms with Crippen molar-refractivity contribution >= 4 is 18.0 Å². The Morgan fingerprint density at radius 1 is 0.984 bits per heavy atom. The van der Waals surface area contributed by atoms with E-state index >= 15 is 0 Å². The summed E-state index contributed by atoms with van der Waals surface area (Å²) >= 11 is 0. The van der Waals surface area contributed by atoms with Crippen molar-refractivity contribution in [3.63, 3.8) is 0 Å². The van der Waals surface area contributed by atoms with Crippen LogP contribution in [0.15, 0.2) is 18.7 Å². The van der Waals surface area contributed by atoms with E-state index in [0.717, 1.165) is 0 Å². The van der Waals surface area contributed by atoms with Gasteiger partial charge in [0, 0.05) is 51.4 Å². The summed E-state index contributed by atoms with van der Waals surface area (Å²) in [6.07, 6.45) is -5.22. The van der Waals surface area contributed by atoms with Crippen LogP contribution in [0.2, 0.25) is 0 Å². The van der Waals surface area contributed by atoms with Crippen LogP contribution < -0.4 is 0 Å². The van der Waals surface area contributed by atoms with Crippen LogP contribution in [0.5, 0.6) is 0 Å². The number of likely N-dealkylation sites (N-methyl/N-ethyl adjacent to an activating group) is 2. The summed E-state index contributed by atoms with van der Waals surface area (Å²) in [6, 6.07) is -0.877. The number of hydrogen-bond donors (Lipinski definition) is 3. The Bertz CT molecular complexity index is 1610. The first-order valence-electron chi connectivity index (χ1n) is 22.0. The summed E-state index contributed by atoms with van der Waals surface area (Å²) < 4.78 is 51.8. The van der Waals surface area contributed by atoms with E-state index < -0.39 is 108 Å². The minimum Gasteiger partial charge on any atom is -0.459 e. The Morgan fingerprint density at radius 2 is 1.65 bits per heavy atom. The lowest BCUT2D eigenvalue weighted by Crippen LogP contribution is -2.61. The molecule has 4 rings (SSSR count). The average molecular weight is 885 g/mol. The van der Waals surface area contributed by atoms with Crippen LogP contribution >= 0.6 is 0 Å². The molecule has 0 unspecified atom stereocenters. The topological polar surface area (TPSA) is 210 Å². The van der Waals surface area contributed by atoms with Crippen molar-refractivity contribution < 1.29 is 67.6 Å². The zero-order valence-electron chi connectivity index (χ0n) is 39.5. The zero-order chi connectivity index (χ0) is 46.6. The molecule has 4 heterocycles. The second kappa shape index (κ2) is 21.0. The lowest BCUT2D eigenvalue weighted by atomic mass is 9.77. The normalized spacial score (nSPS) is 43.3. The lowest BCUT2D eigenvalue weighted by Gasteiger charge is -2.49. The van der Waals surface area contributed by atoms with E-state index in [1.165, 1.54) is 44.2 Å². The summed E-state index contributed by atoms with van der Waals surface area (Å²) in [6.45, 7) is 19.2. The zero-order valence-corrected chi connectivity index (χ0v) is 39.5. The number of carbonyl (C=O) groups is 3. The van der Waals surface area contributed by atoms with E-state index in [2.05, 4.69) is 4.98 Å². The largest absolute Gasteiger partial charge is 0.459 e. The number of esters is 2. The van der Waals surface area contributed by atoms with Crippen LogP contribution in [-0.2, 0) is 47.5 Å². The molecular formula is C44H76N4O14. The van der Waals surface area contributed by atoms with Gasteiger partial charge in [0.2, 0.25) is 0 Å². The Kier molecular flexibility index (Phi) is 17.6. The Balaban J connectivity index is 1.84. The Morgan fingerprint density at radius 3 is 2.21 bits per heavy atom. The van der Waals surface area contributed by atoms with Crippen LogP contribution in [0.25, 0.3) is 0 Å². The Hall–Kier alpha value is -2.78. The number of rotatable bonds is 9. The quantitative estimate of drug-likeness (QED) is 0.240. The van der Waals surface area contributed by atoms with Gasteiger partial charge in [0.1, 0.15) is 29.7 Å². The van der Waals surface area contributed by atoms with Crippen LogP contribution in [0, 0.1) is 17.8 Å². The first kappa shape index (κ1) is 51.9. The van der Waals surface area contributed by atoms with E-state index in [1.807, 2.05) is 44.8 Å². The number of imidazole rings is 1. The fourth-order valence-corrected chi connectivity index (χ4v) is 9.78. The monoisotopic (exact) mass is 885 g/mol. The third-order valence-electron chi connectivity index (χ3n) is 13.4. The number of methoxy groups -OCH3 is 1. The molecule has 18 nitrogen and oxygen atoms in total. The minimum absolute atomic E-state index is 0.0463. The van der Waals surface area contributed by atoms with Crippen molar-refractivity contribution in [2.24, 2.45) is 17.8 Å². The molecule has 0 amide bonds. The van der Waals surface area contributed by atoms with E-state index in [9.17, 15) is 29.7 Å². The van der Waals surface area contributed by atoms with Crippen LogP contribution in [0.1, 0.15) is 102 Å². The van der Waals surface area contributed by atoms with Gasteiger partial charge in [-0.15, -0.1) is 0 Å². The van der Waals surface area contributed by atoms with Gasteiger partial charge in [0.05, 0.1) is 42.0 Å². The van der Waals surface area contributed by atoms with Crippen LogP contribution in [-0.4, -0.2) is 178 Å². The van der Waals surface area contributed by atoms with Crippen molar-refractivity contribution in [2.45, 2.75) is 192 Å². The third kappa shape index (κ3) is 11.9. The van der Waals surface area contributed by atoms with Gasteiger partial charge < -0.3 is 63.0 Å². The van der Waals surface area contributed by atoms with Crippen molar-refractivity contribution in [3.05, 3.63) is 18.7 Å². The highest BCUT2D eigenvalue weighted by molar-refractivity contribution is 5.73. The van der Waals surface area contributed by atoms with E-state index in [1.54, 1.807) is 48.5 Å². The number of ether oxygens (including phenoxy) is 8. The van der Waals surface area contributed by atoms with Gasteiger partial charge >= 0.3 is 18.0 Å². The van der Waals surface area contributed by atoms with E-state index in [0.29, 0.717) is 13.0 Å². The molecule has 1 aromatic rings. The molecule has 0 aliphatic carbocycles. The summed E-state index contributed by atoms with van der Waals surface area (Å²) in [7, 11) is 7.09. The molecule has 1 aromatic heterocycles. The number of aliphatic hydroxyl groups excluding tert-OH is 1. The van der Waals surface area contributed by atoms with Gasteiger partial charge in [-0.05, 0) is 94.8 Å². The van der Waals surface area contributed by atoms with Gasteiger partial charge in [0.15, 0.2) is 24.8 Å². The molecule has 0 bridgehead atoms. The molecule has 62 heavy (non-hydrogen) atoms. The maximum atomic E-state index is 14.5. The third-order valence-corrected chi connectivity index (χ3v) is 13.4. The average Bonchev–Trinajstić information content (AvgIpc) is 3.73. The smallest absolute Gasteiger partial charge is 0.419 e. The molecule has 356 valence electrons. The molecule has 3 N–H and O–H groups in total. The second-order valence-corrected chi connectivity index (χ2v) is 19.1. The second-order valence-electron chi connectivity index (χ2n) is 19.1. The molecule has 0 spiro atoms. The highest BCUT2D eigenvalue weighted by Gasteiger charge is 2.54.